The van der Waals surface area contributed by atoms with Crippen LogP contribution in [0.2, 0.25) is 0 Å². The summed E-state index contributed by atoms with van der Waals surface area (Å²) in [4.78, 5) is 28.1. The van der Waals surface area contributed by atoms with E-state index >= 15 is 0 Å². The first kappa shape index (κ1) is 16.5. The SMILES string of the molecule is COc1ccc(C(O)=C2C(=O)C(=O)N[C@@H]2c2cccnc2)cc1OC. The van der Waals surface area contributed by atoms with Crippen LogP contribution in [0.25, 0.3) is 5.76 Å². The van der Waals surface area contributed by atoms with Crippen molar-refractivity contribution < 1.29 is 24.2 Å². The fourth-order valence-corrected chi connectivity index (χ4v) is 2.70. The number of hydrogen-bond donors (Lipinski definition) is 2. The highest BCUT2D eigenvalue weighted by Crippen LogP contribution is 2.35. The lowest BCUT2D eigenvalue weighted by Crippen LogP contribution is -2.21. The molecule has 0 unspecified atom stereocenters. The van der Waals surface area contributed by atoms with Crippen LogP contribution in [0, 0.1) is 0 Å². The zero-order valence-corrected chi connectivity index (χ0v) is 13.6. The first-order chi connectivity index (χ1) is 12.1. The van der Waals surface area contributed by atoms with Gasteiger partial charge in [-0.25, -0.2) is 0 Å². The molecule has 0 spiro atoms. The molecule has 2 heterocycles. The third-order valence-electron chi connectivity index (χ3n) is 3.94. The van der Waals surface area contributed by atoms with Gasteiger partial charge in [-0.1, -0.05) is 6.07 Å². The third-order valence-corrected chi connectivity index (χ3v) is 3.94. The average molecular weight is 340 g/mol. The molecule has 25 heavy (non-hydrogen) atoms. The van der Waals surface area contributed by atoms with E-state index in [9.17, 15) is 14.7 Å². The summed E-state index contributed by atoms with van der Waals surface area (Å²) in [5.41, 5.74) is 0.917. The summed E-state index contributed by atoms with van der Waals surface area (Å²) in [6.45, 7) is 0. The standard InChI is InChI=1S/C18H16N2O5/c1-24-12-6-5-10(8-13(12)25-2)16(21)14-15(20-18(23)17(14)22)11-4-3-7-19-9-11/h3-9,15,21H,1-2H3,(H,20,23)/t15-/m1/s1. The molecule has 0 bridgehead atoms. The summed E-state index contributed by atoms with van der Waals surface area (Å²) < 4.78 is 10.4. The van der Waals surface area contributed by atoms with Crippen LogP contribution in [-0.2, 0) is 9.59 Å². The molecule has 1 aliphatic heterocycles. The zero-order chi connectivity index (χ0) is 18.0. The molecular weight excluding hydrogens is 324 g/mol. The molecule has 1 saturated heterocycles. The molecule has 1 aromatic carbocycles. The number of benzene rings is 1. The molecule has 0 aliphatic carbocycles. The lowest BCUT2D eigenvalue weighted by atomic mass is 9.97. The monoisotopic (exact) mass is 340 g/mol. The Bertz CT molecular complexity index is 861. The summed E-state index contributed by atoms with van der Waals surface area (Å²) in [5.74, 6) is -0.954. The van der Waals surface area contributed by atoms with Crippen molar-refractivity contribution in [1.82, 2.24) is 10.3 Å². The second-order valence-corrected chi connectivity index (χ2v) is 5.35. The fourth-order valence-electron chi connectivity index (χ4n) is 2.70. The van der Waals surface area contributed by atoms with Crippen LogP contribution in [-0.4, -0.2) is 36.0 Å². The molecule has 0 radical (unpaired) electrons. The predicted octanol–water partition coefficient (Wildman–Crippen LogP) is 1.81. The van der Waals surface area contributed by atoms with Crippen molar-refractivity contribution in [3.05, 3.63) is 59.4 Å². The molecular formula is C18H16N2O5. The Labute approximate surface area is 143 Å². The highest BCUT2D eigenvalue weighted by molar-refractivity contribution is 6.46. The number of ether oxygens (including phenoxy) is 2. The van der Waals surface area contributed by atoms with E-state index in [4.69, 9.17) is 9.47 Å². The molecule has 1 fully saturated rings. The number of carbonyl (C=O) groups excluding carboxylic acids is 2. The maximum absolute atomic E-state index is 12.3. The minimum atomic E-state index is -0.777. The van der Waals surface area contributed by atoms with E-state index in [1.807, 2.05) is 0 Å². The number of nitrogens with zero attached hydrogens (tertiary/aromatic N) is 1. The highest BCUT2D eigenvalue weighted by Gasteiger charge is 2.39. The van der Waals surface area contributed by atoms with Gasteiger partial charge in [-0.3, -0.25) is 14.6 Å². The van der Waals surface area contributed by atoms with E-state index in [1.165, 1.54) is 26.5 Å². The second-order valence-electron chi connectivity index (χ2n) is 5.35. The number of amides is 1. The lowest BCUT2D eigenvalue weighted by molar-refractivity contribution is -0.133. The molecule has 0 saturated carbocycles. The number of aliphatic hydroxyl groups excluding tert-OH is 1. The Morgan fingerprint density at radius 2 is 1.92 bits per heavy atom. The second kappa shape index (κ2) is 6.64. The molecule has 128 valence electrons. The number of rotatable bonds is 4. The lowest BCUT2D eigenvalue weighted by Gasteiger charge is -2.14. The van der Waals surface area contributed by atoms with Gasteiger partial charge in [-0.05, 0) is 29.8 Å². The molecule has 7 heteroatoms. The zero-order valence-electron chi connectivity index (χ0n) is 13.6. The number of methoxy groups -OCH3 is 2. The van der Waals surface area contributed by atoms with Crippen molar-refractivity contribution in [3.8, 4) is 11.5 Å². The van der Waals surface area contributed by atoms with E-state index in [2.05, 4.69) is 10.3 Å². The summed E-state index contributed by atoms with van der Waals surface area (Å²) in [6, 6.07) is 7.38. The van der Waals surface area contributed by atoms with E-state index in [0.717, 1.165) is 0 Å². The molecule has 7 nitrogen and oxygen atoms in total. The van der Waals surface area contributed by atoms with E-state index in [-0.39, 0.29) is 11.3 Å². The fraction of sp³-hybridized carbons (Fsp3) is 0.167. The number of pyridine rings is 1. The topological polar surface area (TPSA) is 97.8 Å². The Kier molecular flexibility index (Phi) is 4.38. The minimum absolute atomic E-state index is 0.0229. The van der Waals surface area contributed by atoms with Crippen molar-refractivity contribution in [2.24, 2.45) is 0 Å². The third kappa shape index (κ3) is 2.91. The quantitative estimate of drug-likeness (QED) is 0.500. The smallest absolute Gasteiger partial charge is 0.293 e. The minimum Gasteiger partial charge on any atom is -0.507 e. The predicted molar refractivity (Wildman–Crippen MR) is 89.2 cm³/mol. The maximum Gasteiger partial charge on any atom is 0.293 e. The van der Waals surface area contributed by atoms with Crippen LogP contribution >= 0.6 is 0 Å². The molecule has 2 aromatic rings. The first-order valence-electron chi connectivity index (χ1n) is 7.47. The number of ketones is 1. The van der Waals surface area contributed by atoms with E-state index in [0.29, 0.717) is 22.6 Å². The average Bonchev–Trinajstić information content (AvgIpc) is 2.96. The molecule has 1 aliphatic rings. The normalized spacial score (nSPS) is 18.7. The van der Waals surface area contributed by atoms with Crippen LogP contribution in [0.5, 0.6) is 11.5 Å². The summed E-state index contributed by atoms with van der Waals surface area (Å²) in [6.07, 6.45) is 3.12. The van der Waals surface area contributed by atoms with Gasteiger partial charge in [0.15, 0.2) is 11.5 Å². The van der Waals surface area contributed by atoms with E-state index in [1.54, 1.807) is 30.5 Å². The van der Waals surface area contributed by atoms with Gasteiger partial charge in [0, 0.05) is 18.0 Å². The van der Waals surface area contributed by atoms with Gasteiger partial charge in [0.25, 0.3) is 11.7 Å². The van der Waals surface area contributed by atoms with Crippen LogP contribution < -0.4 is 14.8 Å². The van der Waals surface area contributed by atoms with Crippen LogP contribution in [0.15, 0.2) is 48.3 Å². The van der Waals surface area contributed by atoms with Gasteiger partial charge < -0.3 is 19.9 Å². The van der Waals surface area contributed by atoms with Crippen LogP contribution in [0.3, 0.4) is 0 Å². The molecule has 1 atom stereocenters. The van der Waals surface area contributed by atoms with Crippen LogP contribution in [0.4, 0.5) is 0 Å². The van der Waals surface area contributed by atoms with Gasteiger partial charge in [-0.2, -0.15) is 0 Å². The Balaban J connectivity index is 2.12. The first-order valence-corrected chi connectivity index (χ1v) is 7.47. The molecule has 3 rings (SSSR count). The highest BCUT2D eigenvalue weighted by atomic mass is 16.5. The van der Waals surface area contributed by atoms with Gasteiger partial charge in [0.05, 0.1) is 25.8 Å². The van der Waals surface area contributed by atoms with Crippen molar-refractivity contribution in [1.29, 1.82) is 0 Å². The van der Waals surface area contributed by atoms with Crippen molar-refractivity contribution >= 4 is 17.4 Å². The van der Waals surface area contributed by atoms with Gasteiger partial charge >= 0.3 is 0 Å². The largest absolute Gasteiger partial charge is 0.507 e. The number of nitrogens with one attached hydrogen (secondary N) is 1. The van der Waals surface area contributed by atoms with Crippen LogP contribution in [0.1, 0.15) is 17.2 Å². The number of hydrogen-bond acceptors (Lipinski definition) is 6. The van der Waals surface area contributed by atoms with Crippen molar-refractivity contribution in [2.45, 2.75) is 6.04 Å². The number of carbonyl (C=O) groups is 2. The van der Waals surface area contributed by atoms with Crippen molar-refractivity contribution in [2.75, 3.05) is 14.2 Å². The molecule has 1 amide bonds. The summed E-state index contributed by atoms with van der Waals surface area (Å²) in [7, 11) is 2.97. The molecule has 1 aromatic heterocycles. The summed E-state index contributed by atoms with van der Waals surface area (Å²) >= 11 is 0. The summed E-state index contributed by atoms with van der Waals surface area (Å²) in [5, 5.41) is 13.2. The maximum atomic E-state index is 12.3. The van der Waals surface area contributed by atoms with Gasteiger partial charge in [0.1, 0.15) is 5.76 Å². The van der Waals surface area contributed by atoms with Gasteiger partial charge in [0.2, 0.25) is 0 Å². The van der Waals surface area contributed by atoms with Crippen molar-refractivity contribution in [3.63, 3.8) is 0 Å². The van der Waals surface area contributed by atoms with E-state index < -0.39 is 17.7 Å². The Morgan fingerprint density at radius 3 is 2.56 bits per heavy atom. The van der Waals surface area contributed by atoms with Gasteiger partial charge in [-0.15, -0.1) is 0 Å². The number of Topliss-reactive ketones (excluding diaryl/α,β-unsaturated/α-hetero) is 1. The molecule has 2 N–H and O–H groups in total. The Morgan fingerprint density at radius 1 is 1.16 bits per heavy atom. The number of aliphatic hydroxyl groups is 1. The Hall–Kier alpha value is -3.35. The number of aromatic nitrogens is 1.